The van der Waals surface area contributed by atoms with Crippen LogP contribution in [-0.4, -0.2) is 23.0 Å². The van der Waals surface area contributed by atoms with Gasteiger partial charge in [0.15, 0.2) is 5.95 Å². The molecule has 140 valence electrons. The van der Waals surface area contributed by atoms with Crippen molar-refractivity contribution in [2.24, 2.45) is 0 Å². The molecule has 1 heterocycles. The highest BCUT2D eigenvalue weighted by Gasteiger charge is 2.26. The van der Waals surface area contributed by atoms with Crippen molar-refractivity contribution in [3.8, 4) is 17.4 Å². The maximum atomic E-state index is 12.5. The van der Waals surface area contributed by atoms with Crippen LogP contribution in [0.2, 0.25) is 0 Å². The van der Waals surface area contributed by atoms with Gasteiger partial charge in [0.05, 0.1) is 17.1 Å². The molecular formula is C19H19N3O4S. The second-order valence-electron chi connectivity index (χ2n) is 5.62. The van der Waals surface area contributed by atoms with Gasteiger partial charge in [-0.25, -0.2) is 0 Å². The average molecular weight is 385 g/mol. The first-order chi connectivity index (χ1) is 13.1. The Balaban J connectivity index is 1.69. The van der Waals surface area contributed by atoms with Gasteiger partial charge < -0.3 is 19.7 Å². The molecule has 8 heteroatoms. The molecule has 0 bridgehead atoms. The Bertz CT molecular complexity index is 897. The number of hydrogen-bond acceptors (Lipinski definition) is 6. The minimum atomic E-state index is -0.579. The molecule has 3 rings (SSSR count). The summed E-state index contributed by atoms with van der Waals surface area (Å²) < 4.78 is 11.6. The van der Waals surface area contributed by atoms with E-state index in [-0.39, 0.29) is 10.9 Å². The number of aromatic nitrogens is 2. The highest BCUT2D eigenvalue weighted by atomic mass is 32.2. The summed E-state index contributed by atoms with van der Waals surface area (Å²) in [6.07, 6.45) is 0. The quantitative estimate of drug-likeness (QED) is 0.496. The Hall–Kier alpha value is -3.00. The molecule has 0 fully saturated rings. The zero-order chi connectivity index (χ0) is 19.2. The number of nitrogens with zero attached hydrogens (tertiary/aromatic N) is 2. The number of rotatable bonds is 7. The van der Waals surface area contributed by atoms with E-state index in [4.69, 9.17) is 9.26 Å². The fourth-order valence-corrected chi connectivity index (χ4v) is 3.21. The van der Waals surface area contributed by atoms with Crippen molar-refractivity contribution in [3.05, 3.63) is 54.6 Å². The molecular weight excluding hydrogens is 366 g/mol. The number of ether oxygens (including phenoxy) is 1. The van der Waals surface area contributed by atoms with Gasteiger partial charge in [0.25, 0.3) is 5.03 Å². The zero-order valence-corrected chi connectivity index (χ0v) is 15.7. The highest BCUT2D eigenvalue weighted by Crippen LogP contribution is 2.28. The molecule has 3 aromatic rings. The molecule has 0 spiro atoms. The van der Waals surface area contributed by atoms with E-state index in [1.54, 1.807) is 43.3 Å². The van der Waals surface area contributed by atoms with Gasteiger partial charge in [-0.15, -0.1) is 0 Å². The van der Waals surface area contributed by atoms with Gasteiger partial charge in [0.1, 0.15) is 5.75 Å². The van der Waals surface area contributed by atoms with Gasteiger partial charge in [-0.3, -0.25) is 4.79 Å². The normalized spacial score (nSPS) is 11.8. The smallest absolute Gasteiger partial charge is 0.298 e. The summed E-state index contributed by atoms with van der Waals surface area (Å²) in [5.41, 5.74) is 1.34. The summed E-state index contributed by atoms with van der Waals surface area (Å²) in [6, 6.07) is 16.2. The number of amides is 1. The lowest BCUT2D eigenvalue weighted by Crippen LogP contribution is -2.36. The molecule has 1 N–H and O–H groups in total. The number of benzene rings is 2. The van der Waals surface area contributed by atoms with Crippen LogP contribution >= 0.6 is 11.8 Å². The molecule has 0 radical (unpaired) electrons. The Morgan fingerprint density at radius 2 is 1.96 bits per heavy atom. The van der Waals surface area contributed by atoms with Crippen molar-refractivity contribution >= 4 is 23.4 Å². The molecule has 0 aliphatic heterocycles. The van der Waals surface area contributed by atoms with Crippen LogP contribution in [0, 0.1) is 0 Å². The van der Waals surface area contributed by atoms with Gasteiger partial charge >= 0.3 is 0 Å². The Kier molecular flexibility index (Phi) is 5.97. The number of nitrogens with one attached hydrogen (secondary N) is 1. The van der Waals surface area contributed by atoms with E-state index in [2.05, 4.69) is 10.6 Å². The molecule has 0 saturated heterocycles. The van der Waals surface area contributed by atoms with Crippen LogP contribution in [0.5, 0.6) is 11.7 Å². The van der Waals surface area contributed by atoms with E-state index in [9.17, 15) is 9.90 Å². The van der Waals surface area contributed by atoms with Crippen LogP contribution in [0.1, 0.15) is 13.8 Å². The maximum absolute atomic E-state index is 12.5. The van der Waals surface area contributed by atoms with Crippen molar-refractivity contribution in [3.63, 3.8) is 0 Å². The topological polar surface area (TPSA) is 91.3 Å². The number of carbonyl (C=O) groups is 1. The molecule has 1 atom stereocenters. The number of hydrogen-bond donors (Lipinski definition) is 1. The molecule has 0 aliphatic carbocycles. The largest absolute Gasteiger partial charge is 0.538 e. The molecule has 1 unspecified atom stereocenters. The summed E-state index contributed by atoms with van der Waals surface area (Å²) in [7, 11) is 0. The van der Waals surface area contributed by atoms with E-state index in [1.165, 1.54) is 4.68 Å². The monoisotopic (exact) mass is 385 g/mol. The standard InChI is InChI=1S/C19H19N3O4S/c1-3-25-16-11-9-14(10-12-16)20-17(23)13(2)27-18-19(24)26-21-22(18)15-7-5-4-6-8-15/h4-13H,3H2,1-2H3,(H-,20,21,23,24). The first-order valence-electron chi connectivity index (χ1n) is 8.43. The van der Waals surface area contributed by atoms with Crippen molar-refractivity contribution in [2.75, 3.05) is 11.9 Å². The fraction of sp³-hybridized carbons (Fsp3) is 0.211. The second kappa shape index (κ2) is 8.59. The predicted octanol–water partition coefficient (Wildman–Crippen LogP) is 2.54. The first-order valence-corrected chi connectivity index (χ1v) is 9.31. The van der Waals surface area contributed by atoms with Crippen LogP contribution in [0.4, 0.5) is 5.69 Å². The maximum Gasteiger partial charge on any atom is 0.298 e. The van der Waals surface area contributed by atoms with Crippen LogP contribution < -0.4 is 19.8 Å². The summed E-state index contributed by atoms with van der Waals surface area (Å²) in [4.78, 5) is 12.5. The van der Waals surface area contributed by atoms with Crippen LogP contribution in [0.3, 0.4) is 0 Å². The van der Waals surface area contributed by atoms with Crippen LogP contribution in [0.15, 0.2) is 64.1 Å². The SMILES string of the molecule is CCOc1ccc(NC(=O)C(C)Sc2c([O-])on[n+]2-c2ccccc2)cc1. The van der Waals surface area contributed by atoms with E-state index in [1.807, 2.05) is 25.1 Å². The van der Waals surface area contributed by atoms with Gasteiger partial charge in [0.2, 0.25) is 11.6 Å². The lowest BCUT2D eigenvalue weighted by atomic mass is 10.3. The predicted molar refractivity (Wildman–Crippen MR) is 99.0 cm³/mol. The van der Waals surface area contributed by atoms with E-state index >= 15 is 0 Å². The number of anilines is 1. The Labute approximate surface area is 160 Å². The number of para-hydroxylation sites is 1. The van der Waals surface area contributed by atoms with E-state index in [0.717, 1.165) is 17.5 Å². The van der Waals surface area contributed by atoms with Gasteiger partial charge in [0, 0.05) is 17.8 Å². The van der Waals surface area contributed by atoms with E-state index in [0.29, 0.717) is 18.0 Å². The first kappa shape index (κ1) is 18.8. The van der Waals surface area contributed by atoms with Gasteiger partial charge in [-0.1, -0.05) is 18.2 Å². The summed E-state index contributed by atoms with van der Waals surface area (Å²) in [6.45, 7) is 4.21. The van der Waals surface area contributed by atoms with Crippen molar-refractivity contribution < 1.29 is 23.8 Å². The van der Waals surface area contributed by atoms with Gasteiger partial charge in [-0.05, 0) is 54.6 Å². The fourth-order valence-electron chi connectivity index (χ4n) is 2.34. The Morgan fingerprint density at radius 3 is 2.63 bits per heavy atom. The minimum absolute atomic E-state index is 0.232. The lowest BCUT2D eigenvalue weighted by Gasteiger charge is -2.11. The van der Waals surface area contributed by atoms with E-state index < -0.39 is 11.2 Å². The molecule has 0 saturated carbocycles. The summed E-state index contributed by atoms with van der Waals surface area (Å²) >= 11 is 1.09. The third-order valence-electron chi connectivity index (χ3n) is 3.66. The number of carbonyl (C=O) groups excluding carboxylic acids is 1. The van der Waals surface area contributed by atoms with Crippen molar-refractivity contribution in [2.45, 2.75) is 24.1 Å². The average Bonchev–Trinajstić information content (AvgIpc) is 3.04. The second-order valence-corrected chi connectivity index (χ2v) is 6.95. The molecule has 0 aliphatic rings. The van der Waals surface area contributed by atoms with Crippen molar-refractivity contribution in [1.29, 1.82) is 0 Å². The molecule has 2 aromatic carbocycles. The summed E-state index contributed by atoms with van der Waals surface area (Å²) in [5, 5.41) is 18.3. The zero-order valence-electron chi connectivity index (χ0n) is 14.9. The minimum Gasteiger partial charge on any atom is -0.538 e. The lowest BCUT2D eigenvalue weighted by molar-refractivity contribution is -0.705. The molecule has 1 amide bonds. The third kappa shape index (κ3) is 4.59. The summed E-state index contributed by atoms with van der Waals surface area (Å²) in [5.74, 6) is -0.0729. The van der Waals surface area contributed by atoms with Crippen molar-refractivity contribution in [1.82, 2.24) is 5.27 Å². The van der Waals surface area contributed by atoms with Crippen LogP contribution in [-0.2, 0) is 4.79 Å². The molecule has 27 heavy (non-hydrogen) atoms. The molecule has 7 nitrogen and oxygen atoms in total. The molecule has 1 aromatic heterocycles. The highest BCUT2D eigenvalue weighted by molar-refractivity contribution is 8.00. The van der Waals surface area contributed by atoms with Crippen LogP contribution in [0.25, 0.3) is 5.69 Å². The Morgan fingerprint density at radius 1 is 1.26 bits per heavy atom. The third-order valence-corrected chi connectivity index (χ3v) is 4.79. The number of thioether (sulfide) groups is 1. The van der Waals surface area contributed by atoms with Gasteiger partial charge in [-0.2, -0.15) is 0 Å².